The Balaban J connectivity index is 1.90. The number of rotatable bonds is 4. The number of hydrogen-bond acceptors (Lipinski definition) is 4. The van der Waals surface area contributed by atoms with Gasteiger partial charge in [-0.3, -0.25) is 0 Å². The van der Waals surface area contributed by atoms with Gasteiger partial charge in [-0.25, -0.2) is 4.68 Å². The molecule has 0 unspecified atom stereocenters. The van der Waals surface area contributed by atoms with E-state index < -0.39 is 0 Å². The van der Waals surface area contributed by atoms with E-state index in [4.69, 9.17) is 26.2 Å². The second-order valence-electron chi connectivity index (χ2n) is 6.52. The van der Waals surface area contributed by atoms with Crippen LogP contribution in [0.5, 0.6) is 11.5 Å². The first kappa shape index (κ1) is 17.7. The van der Waals surface area contributed by atoms with Crippen molar-refractivity contribution >= 4 is 17.4 Å². The topological polar surface area (TPSA) is 48.3 Å². The van der Waals surface area contributed by atoms with E-state index in [9.17, 15) is 0 Å². The molecule has 0 saturated heterocycles. The van der Waals surface area contributed by atoms with Crippen molar-refractivity contribution in [1.82, 2.24) is 9.78 Å². The van der Waals surface area contributed by atoms with Crippen LogP contribution in [0.25, 0.3) is 16.9 Å². The number of nitrogens with one attached hydrogen (secondary N) is 1. The monoisotopic (exact) mass is 383 g/mol. The van der Waals surface area contributed by atoms with Gasteiger partial charge in [-0.05, 0) is 61.7 Å². The molecular weight excluding hydrogens is 362 g/mol. The van der Waals surface area contributed by atoms with Crippen molar-refractivity contribution < 1.29 is 9.47 Å². The van der Waals surface area contributed by atoms with Crippen LogP contribution in [0.1, 0.15) is 18.4 Å². The van der Waals surface area contributed by atoms with Gasteiger partial charge in [-0.15, -0.1) is 0 Å². The molecule has 0 spiro atoms. The van der Waals surface area contributed by atoms with Gasteiger partial charge < -0.3 is 14.8 Å². The van der Waals surface area contributed by atoms with E-state index >= 15 is 0 Å². The molecule has 0 bridgehead atoms. The Morgan fingerprint density at radius 1 is 1.04 bits per heavy atom. The molecule has 5 nitrogen and oxygen atoms in total. The molecule has 4 rings (SSSR count). The summed E-state index contributed by atoms with van der Waals surface area (Å²) in [5.41, 5.74) is 4.09. The molecule has 6 heteroatoms. The molecule has 27 heavy (non-hydrogen) atoms. The van der Waals surface area contributed by atoms with Crippen molar-refractivity contribution in [1.29, 1.82) is 0 Å². The van der Waals surface area contributed by atoms with E-state index in [1.807, 2.05) is 47.1 Å². The maximum atomic E-state index is 6.27. The van der Waals surface area contributed by atoms with Crippen molar-refractivity contribution in [3.05, 3.63) is 53.1 Å². The van der Waals surface area contributed by atoms with Crippen LogP contribution in [0.4, 0.5) is 5.82 Å². The standard InChI is InChI=1S/C21H22ClN3O2/c1-26-16-9-6-14(7-10-16)20-17-5-3-4-12-23-21(17)25(24-20)18-13-15(22)8-11-19(18)27-2/h6-11,13,23H,3-5,12H2,1-2H3. The summed E-state index contributed by atoms with van der Waals surface area (Å²) < 4.78 is 12.8. The van der Waals surface area contributed by atoms with Crippen LogP contribution in [0, 0.1) is 0 Å². The second kappa shape index (κ2) is 7.53. The van der Waals surface area contributed by atoms with E-state index in [0.717, 1.165) is 60.1 Å². The van der Waals surface area contributed by atoms with Crippen molar-refractivity contribution in [3.63, 3.8) is 0 Å². The highest BCUT2D eigenvalue weighted by Crippen LogP contribution is 2.37. The van der Waals surface area contributed by atoms with Crippen molar-refractivity contribution in [3.8, 4) is 28.4 Å². The quantitative estimate of drug-likeness (QED) is 0.691. The van der Waals surface area contributed by atoms with Gasteiger partial charge >= 0.3 is 0 Å². The minimum atomic E-state index is 0.648. The molecule has 0 saturated carbocycles. The van der Waals surface area contributed by atoms with Gasteiger partial charge in [-0.2, -0.15) is 5.10 Å². The maximum absolute atomic E-state index is 6.27. The number of halogens is 1. The molecule has 0 atom stereocenters. The minimum absolute atomic E-state index is 0.648. The smallest absolute Gasteiger partial charge is 0.144 e. The summed E-state index contributed by atoms with van der Waals surface area (Å²) >= 11 is 6.27. The number of ether oxygens (including phenoxy) is 2. The summed E-state index contributed by atoms with van der Waals surface area (Å²) in [4.78, 5) is 0. The van der Waals surface area contributed by atoms with Gasteiger partial charge in [0, 0.05) is 22.7 Å². The first-order valence-corrected chi connectivity index (χ1v) is 9.43. The predicted molar refractivity (Wildman–Crippen MR) is 109 cm³/mol. The highest BCUT2D eigenvalue weighted by Gasteiger charge is 2.23. The molecule has 1 N–H and O–H groups in total. The van der Waals surface area contributed by atoms with E-state index in [1.165, 1.54) is 5.56 Å². The normalized spacial score (nSPS) is 13.4. The number of methoxy groups -OCH3 is 2. The van der Waals surface area contributed by atoms with Crippen molar-refractivity contribution in [2.75, 3.05) is 26.1 Å². The predicted octanol–water partition coefficient (Wildman–Crippen LogP) is 4.96. The Hall–Kier alpha value is -2.66. The fraction of sp³-hybridized carbons (Fsp3) is 0.286. The first-order chi connectivity index (χ1) is 13.2. The van der Waals surface area contributed by atoms with Gasteiger partial charge in [0.05, 0.1) is 19.9 Å². The lowest BCUT2D eigenvalue weighted by Crippen LogP contribution is -2.08. The van der Waals surface area contributed by atoms with Crippen LogP contribution in [0.15, 0.2) is 42.5 Å². The average Bonchev–Trinajstić information content (AvgIpc) is 2.88. The van der Waals surface area contributed by atoms with Crippen LogP contribution >= 0.6 is 11.6 Å². The Morgan fingerprint density at radius 2 is 1.85 bits per heavy atom. The number of nitrogens with zero attached hydrogens (tertiary/aromatic N) is 2. The molecule has 3 aromatic rings. The van der Waals surface area contributed by atoms with Crippen LogP contribution in [-0.2, 0) is 6.42 Å². The lowest BCUT2D eigenvalue weighted by Gasteiger charge is -2.13. The molecule has 0 aliphatic carbocycles. The fourth-order valence-corrected chi connectivity index (χ4v) is 3.65. The Labute approximate surface area is 163 Å². The average molecular weight is 384 g/mol. The van der Waals surface area contributed by atoms with Crippen LogP contribution in [0.3, 0.4) is 0 Å². The highest BCUT2D eigenvalue weighted by molar-refractivity contribution is 6.30. The van der Waals surface area contributed by atoms with Crippen LogP contribution in [0.2, 0.25) is 5.02 Å². The Kier molecular flexibility index (Phi) is 4.94. The van der Waals surface area contributed by atoms with Crippen molar-refractivity contribution in [2.45, 2.75) is 19.3 Å². The molecule has 0 amide bonds. The van der Waals surface area contributed by atoms with Gasteiger partial charge in [0.25, 0.3) is 0 Å². The first-order valence-electron chi connectivity index (χ1n) is 9.05. The number of benzene rings is 2. The zero-order chi connectivity index (χ0) is 18.8. The molecule has 1 aromatic heterocycles. The van der Waals surface area contributed by atoms with E-state index in [2.05, 4.69) is 5.32 Å². The summed E-state index contributed by atoms with van der Waals surface area (Å²) in [5, 5.41) is 9.15. The highest BCUT2D eigenvalue weighted by atomic mass is 35.5. The van der Waals surface area contributed by atoms with Gasteiger partial charge in [0.15, 0.2) is 0 Å². The lowest BCUT2D eigenvalue weighted by molar-refractivity contribution is 0.412. The van der Waals surface area contributed by atoms with E-state index in [-0.39, 0.29) is 0 Å². The van der Waals surface area contributed by atoms with Crippen LogP contribution in [-0.4, -0.2) is 30.5 Å². The largest absolute Gasteiger partial charge is 0.497 e. The molecule has 140 valence electrons. The third-order valence-corrected chi connectivity index (χ3v) is 5.10. The van der Waals surface area contributed by atoms with E-state index in [0.29, 0.717) is 5.02 Å². The zero-order valence-corrected chi connectivity index (χ0v) is 16.2. The van der Waals surface area contributed by atoms with Crippen molar-refractivity contribution in [2.24, 2.45) is 0 Å². The fourth-order valence-electron chi connectivity index (χ4n) is 3.49. The molecule has 1 aliphatic rings. The van der Waals surface area contributed by atoms with Gasteiger partial charge in [0.2, 0.25) is 0 Å². The number of anilines is 1. The summed E-state index contributed by atoms with van der Waals surface area (Å²) in [6.07, 6.45) is 3.23. The number of hydrogen-bond donors (Lipinski definition) is 1. The van der Waals surface area contributed by atoms with Gasteiger partial charge in [-0.1, -0.05) is 11.6 Å². The number of aromatic nitrogens is 2. The molecule has 2 heterocycles. The van der Waals surface area contributed by atoms with Gasteiger partial charge in [0.1, 0.15) is 23.0 Å². The molecule has 0 fully saturated rings. The lowest BCUT2D eigenvalue weighted by atomic mass is 10.0. The Bertz CT molecular complexity index is 951. The summed E-state index contributed by atoms with van der Waals surface area (Å²) in [5.74, 6) is 2.58. The molecular formula is C21H22ClN3O2. The second-order valence-corrected chi connectivity index (χ2v) is 6.95. The SMILES string of the molecule is COc1ccc(-c2nn(-c3cc(Cl)ccc3OC)c3c2CCCCN3)cc1. The molecule has 2 aromatic carbocycles. The Morgan fingerprint density at radius 3 is 2.59 bits per heavy atom. The number of fused-ring (bicyclic) bond motifs is 1. The molecule has 0 radical (unpaired) electrons. The minimum Gasteiger partial charge on any atom is -0.497 e. The molecule has 1 aliphatic heterocycles. The summed E-state index contributed by atoms with van der Waals surface area (Å²) in [6, 6.07) is 13.6. The third kappa shape index (κ3) is 3.35. The zero-order valence-electron chi connectivity index (χ0n) is 15.5. The third-order valence-electron chi connectivity index (χ3n) is 4.86. The maximum Gasteiger partial charge on any atom is 0.144 e. The van der Waals surface area contributed by atoms with Crippen LogP contribution < -0.4 is 14.8 Å². The summed E-state index contributed by atoms with van der Waals surface area (Å²) in [6.45, 7) is 0.920. The summed E-state index contributed by atoms with van der Waals surface area (Å²) in [7, 11) is 3.33. The van der Waals surface area contributed by atoms with E-state index in [1.54, 1.807) is 14.2 Å².